The third-order valence-electron chi connectivity index (χ3n) is 3.27. The molecule has 1 atom stereocenters. The predicted molar refractivity (Wildman–Crippen MR) is 80.4 cm³/mol. The van der Waals surface area contributed by atoms with E-state index in [1.54, 1.807) is 12.4 Å². The monoisotopic (exact) mass is 285 g/mol. The fraction of sp³-hybridized carbons (Fsp3) is 0.250. The van der Waals surface area contributed by atoms with Crippen LogP contribution in [0.25, 0.3) is 0 Å². The maximum absolute atomic E-state index is 9.41. The number of likely N-dealkylation sites (N-methyl/N-ethyl adjacent to an activating group) is 1. The topological polar surface area (TPSA) is 39.9 Å². The van der Waals surface area contributed by atoms with Gasteiger partial charge in [-0.05, 0) is 37.2 Å². The van der Waals surface area contributed by atoms with E-state index in [-0.39, 0.29) is 6.04 Å². The first-order chi connectivity index (χ1) is 9.72. The molecule has 0 aliphatic rings. The number of hydrogen-bond acceptors (Lipinski definition) is 3. The van der Waals surface area contributed by atoms with Gasteiger partial charge in [0.15, 0.2) is 0 Å². The summed E-state index contributed by atoms with van der Waals surface area (Å²) >= 11 is 6.17. The maximum Gasteiger partial charge on any atom is 0.125 e. The zero-order chi connectivity index (χ0) is 14.4. The minimum absolute atomic E-state index is 0.328. The normalized spacial score (nSPS) is 12.1. The van der Waals surface area contributed by atoms with Crippen molar-refractivity contribution in [2.24, 2.45) is 0 Å². The van der Waals surface area contributed by atoms with Crippen LogP contribution in [0, 0.1) is 11.3 Å². The van der Waals surface area contributed by atoms with Gasteiger partial charge in [0.05, 0.1) is 6.07 Å². The molecule has 0 fully saturated rings. The molecule has 0 aliphatic heterocycles. The van der Waals surface area contributed by atoms with E-state index >= 15 is 0 Å². The Balaban J connectivity index is 2.05. The summed E-state index contributed by atoms with van der Waals surface area (Å²) in [6, 6.07) is 13.5. The average molecular weight is 286 g/mol. The lowest BCUT2D eigenvalue weighted by molar-refractivity contribution is 0.295. The third-order valence-corrected chi connectivity index (χ3v) is 3.61. The van der Waals surface area contributed by atoms with Gasteiger partial charge in [-0.1, -0.05) is 29.8 Å². The van der Waals surface area contributed by atoms with Crippen molar-refractivity contribution in [2.75, 3.05) is 13.6 Å². The van der Waals surface area contributed by atoms with Crippen molar-refractivity contribution in [2.45, 2.75) is 12.5 Å². The maximum atomic E-state index is 9.41. The second-order valence-corrected chi connectivity index (χ2v) is 5.05. The summed E-state index contributed by atoms with van der Waals surface area (Å²) in [5.41, 5.74) is 2.07. The molecule has 0 amide bonds. The van der Waals surface area contributed by atoms with Gasteiger partial charge < -0.3 is 0 Å². The smallest absolute Gasteiger partial charge is 0.125 e. The van der Waals surface area contributed by atoms with Gasteiger partial charge in [0.25, 0.3) is 0 Å². The second kappa shape index (κ2) is 7.04. The lowest BCUT2D eigenvalue weighted by Crippen LogP contribution is -2.26. The summed E-state index contributed by atoms with van der Waals surface area (Å²) in [7, 11) is 1.94. The summed E-state index contributed by atoms with van der Waals surface area (Å²) < 4.78 is 0. The van der Waals surface area contributed by atoms with E-state index in [9.17, 15) is 5.26 Å². The van der Waals surface area contributed by atoms with Gasteiger partial charge in [0.2, 0.25) is 0 Å². The van der Waals surface area contributed by atoms with Crippen molar-refractivity contribution in [3.05, 3.63) is 64.9 Å². The molecule has 0 saturated heterocycles. The van der Waals surface area contributed by atoms with Gasteiger partial charge in [-0.15, -0.1) is 0 Å². The molecular formula is C16H16ClN3. The molecule has 4 heteroatoms. The van der Waals surface area contributed by atoms with E-state index < -0.39 is 0 Å². The highest BCUT2D eigenvalue weighted by atomic mass is 35.5. The largest absolute Gasteiger partial charge is 0.287 e. The number of rotatable bonds is 5. The van der Waals surface area contributed by atoms with Gasteiger partial charge in [0.1, 0.15) is 6.04 Å². The molecule has 1 aromatic carbocycles. The van der Waals surface area contributed by atoms with Crippen LogP contribution in [0.1, 0.15) is 17.2 Å². The molecule has 0 bridgehead atoms. The molecule has 1 unspecified atom stereocenters. The Kier molecular flexibility index (Phi) is 5.11. The van der Waals surface area contributed by atoms with E-state index in [2.05, 4.69) is 11.1 Å². The van der Waals surface area contributed by atoms with E-state index in [0.717, 1.165) is 18.5 Å². The van der Waals surface area contributed by atoms with E-state index in [1.165, 1.54) is 5.56 Å². The van der Waals surface area contributed by atoms with Gasteiger partial charge in [-0.3, -0.25) is 9.88 Å². The Hall–Kier alpha value is -1.89. The fourth-order valence-corrected chi connectivity index (χ4v) is 2.33. The van der Waals surface area contributed by atoms with Crippen molar-refractivity contribution in [1.82, 2.24) is 9.88 Å². The molecule has 0 spiro atoms. The quantitative estimate of drug-likeness (QED) is 0.844. The summed E-state index contributed by atoms with van der Waals surface area (Å²) in [5.74, 6) is 0. The SMILES string of the molecule is CN(CCc1ccncc1)C(C#N)c1ccccc1Cl. The Morgan fingerprint density at radius 1 is 1.25 bits per heavy atom. The van der Waals surface area contributed by atoms with Crippen molar-refractivity contribution in [3.63, 3.8) is 0 Å². The third kappa shape index (κ3) is 3.57. The lowest BCUT2D eigenvalue weighted by atomic mass is 10.1. The molecule has 0 N–H and O–H groups in total. The first-order valence-corrected chi connectivity index (χ1v) is 6.83. The molecule has 1 aromatic heterocycles. The highest BCUT2D eigenvalue weighted by Crippen LogP contribution is 2.26. The molecule has 2 rings (SSSR count). The number of nitriles is 1. The molecule has 3 nitrogen and oxygen atoms in total. The van der Waals surface area contributed by atoms with Crippen LogP contribution in [0.3, 0.4) is 0 Å². The van der Waals surface area contributed by atoms with E-state index in [1.807, 2.05) is 48.3 Å². The number of halogens is 1. The van der Waals surface area contributed by atoms with Crippen molar-refractivity contribution < 1.29 is 0 Å². The van der Waals surface area contributed by atoms with Crippen LogP contribution in [-0.2, 0) is 6.42 Å². The predicted octanol–water partition coefficient (Wildman–Crippen LogP) is 3.47. The Morgan fingerprint density at radius 3 is 2.60 bits per heavy atom. The van der Waals surface area contributed by atoms with E-state index in [4.69, 9.17) is 11.6 Å². The van der Waals surface area contributed by atoms with Crippen LogP contribution < -0.4 is 0 Å². The van der Waals surface area contributed by atoms with Gasteiger partial charge in [-0.25, -0.2) is 0 Å². The lowest BCUT2D eigenvalue weighted by Gasteiger charge is -2.23. The molecule has 2 aromatic rings. The molecule has 102 valence electrons. The van der Waals surface area contributed by atoms with Crippen LogP contribution in [0.5, 0.6) is 0 Å². The summed E-state index contributed by atoms with van der Waals surface area (Å²) in [4.78, 5) is 6.02. The molecule has 0 aliphatic carbocycles. The van der Waals surface area contributed by atoms with Crippen LogP contribution in [0.2, 0.25) is 5.02 Å². The van der Waals surface area contributed by atoms with Gasteiger partial charge in [-0.2, -0.15) is 5.26 Å². The highest BCUT2D eigenvalue weighted by molar-refractivity contribution is 6.31. The number of aromatic nitrogens is 1. The summed E-state index contributed by atoms with van der Waals surface area (Å²) in [5, 5.41) is 10.0. The Labute approximate surface area is 124 Å². The van der Waals surface area contributed by atoms with Crippen LogP contribution in [0.15, 0.2) is 48.8 Å². The molecule has 0 saturated carbocycles. The number of hydrogen-bond donors (Lipinski definition) is 0. The zero-order valence-electron chi connectivity index (χ0n) is 11.3. The van der Waals surface area contributed by atoms with Crippen LogP contribution in [0.4, 0.5) is 0 Å². The molecular weight excluding hydrogens is 270 g/mol. The summed E-state index contributed by atoms with van der Waals surface area (Å²) in [6.45, 7) is 0.785. The summed E-state index contributed by atoms with van der Waals surface area (Å²) in [6.07, 6.45) is 4.44. The fourth-order valence-electron chi connectivity index (χ4n) is 2.09. The first-order valence-electron chi connectivity index (χ1n) is 6.45. The van der Waals surface area contributed by atoms with Gasteiger partial charge >= 0.3 is 0 Å². The number of pyridine rings is 1. The van der Waals surface area contributed by atoms with Crippen molar-refractivity contribution >= 4 is 11.6 Å². The van der Waals surface area contributed by atoms with Crippen molar-refractivity contribution in [3.8, 4) is 6.07 Å². The minimum Gasteiger partial charge on any atom is -0.287 e. The standard InChI is InChI=1S/C16H16ClN3/c1-20(11-8-13-6-9-19-10-7-13)16(12-18)14-4-2-3-5-15(14)17/h2-7,9-10,16H,8,11H2,1H3. The second-order valence-electron chi connectivity index (χ2n) is 4.64. The number of benzene rings is 1. The molecule has 20 heavy (non-hydrogen) atoms. The number of nitrogens with zero attached hydrogens (tertiary/aromatic N) is 3. The van der Waals surface area contributed by atoms with Gasteiger partial charge in [0, 0.05) is 29.5 Å². The minimum atomic E-state index is -0.328. The van der Waals surface area contributed by atoms with Crippen LogP contribution in [-0.4, -0.2) is 23.5 Å². The van der Waals surface area contributed by atoms with Crippen LogP contribution >= 0.6 is 11.6 Å². The molecule has 1 heterocycles. The first kappa shape index (κ1) is 14.5. The average Bonchev–Trinajstić information content (AvgIpc) is 2.49. The zero-order valence-corrected chi connectivity index (χ0v) is 12.1. The highest BCUT2D eigenvalue weighted by Gasteiger charge is 2.18. The molecule has 0 radical (unpaired) electrons. The van der Waals surface area contributed by atoms with E-state index in [0.29, 0.717) is 5.02 Å². The Morgan fingerprint density at radius 2 is 1.95 bits per heavy atom. The Bertz CT molecular complexity index is 592. The van der Waals surface area contributed by atoms with Crippen molar-refractivity contribution in [1.29, 1.82) is 5.26 Å².